The van der Waals surface area contributed by atoms with Crippen LogP contribution in [-0.4, -0.2) is 17.4 Å². The number of aldehydes is 1. The molecule has 0 saturated heterocycles. The average Bonchev–Trinajstić information content (AvgIpc) is 2.77. The van der Waals surface area contributed by atoms with Gasteiger partial charge in [-0.1, -0.05) is 15.9 Å². The summed E-state index contributed by atoms with van der Waals surface area (Å²) in [6.45, 7) is 0. The molecule has 86 valence electrons. The van der Waals surface area contributed by atoms with Crippen LogP contribution in [0.5, 0.6) is 0 Å². The Kier molecular flexibility index (Phi) is 3.10. The molecule has 0 aliphatic rings. The molecule has 17 heavy (non-hydrogen) atoms. The fraction of sp³-hybridized carbons (Fsp3) is 0. The smallest absolute Gasteiger partial charge is 0.335 e. The molecule has 0 saturated carbocycles. The number of hydrogen-bond donors (Lipinski definition) is 1. The standard InChI is InChI=1S/C12H7BrO4/c13-10-5-7(12(15)16)1-3-9(10)11-4-2-8(6-14)17-11/h1-6H,(H,15,16). The van der Waals surface area contributed by atoms with Gasteiger partial charge in [-0.25, -0.2) is 4.79 Å². The molecule has 0 bridgehead atoms. The number of aromatic carboxylic acids is 1. The van der Waals surface area contributed by atoms with E-state index >= 15 is 0 Å². The van der Waals surface area contributed by atoms with Crippen molar-refractivity contribution in [3.63, 3.8) is 0 Å². The first-order valence-corrected chi connectivity index (χ1v) is 5.49. The van der Waals surface area contributed by atoms with Gasteiger partial charge >= 0.3 is 5.97 Å². The van der Waals surface area contributed by atoms with Gasteiger partial charge in [0.15, 0.2) is 12.0 Å². The molecule has 2 aromatic rings. The lowest BCUT2D eigenvalue weighted by atomic mass is 10.1. The van der Waals surface area contributed by atoms with Gasteiger partial charge in [0.05, 0.1) is 5.56 Å². The molecule has 1 N–H and O–H groups in total. The second-order valence-corrected chi connectivity index (χ2v) is 4.17. The van der Waals surface area contributed by atoms with Crippen molar-refractivity contribution < 1.29 is 19.1 Å². The fourth-order valence-corrected chi connectivity index (χ4v) is 1.98. The number of carbonyl (C=O) groups is 2. The van der Waals surface area contributed by atoms with Crippen LogP contribution in [0.25, 0.3) is 11.3 Å². The monoisotopic (exact) mass is 294 g/mol. The van der Waals surface area contributed by atoms with Gasteiger partial charge in [-0.2, -0.15) is 0 Å². The Morgan fingerprint density at radius 2 is 2.06 bits per heavy atom. The highest BCUT2D eigenvalue weighted by Gasteiger charge is 2.11. The molecule has 0 atom stereocenters. The SMILES string of the molecule is O=Cc1ccc(-c2ccc(C(=O)O)cc2Br)o1. The third-order valence-electron chi connectivity index (χ3n) is 2.22. The van der Waals surface area contributed by atoms with Gasteiger partial charge in [-0.05, 0) is 30.3 Å². The zero-order chi connectivity index (χ0) is 12.4. The highest BCUT2D eigenvalue weighted by Crippen LogP contribution is 2.30. The van der Waals surface area contributed by atoms with E-state index in [4.69, 9.17) is 9.52 Å². The van der Waals surface area contributed by atoms with E-state index in [1.165, 1.54) is 12.1 Å². The lowest BCUT2D eigenvalue weighted by molar-refractivity contribution is 0.0696. The summed E-state index contributed by atoms with van der Waals surface area (Å²) < 4.78 is 5.86. The van der Waals surface area contributed by atoms with E-state index in [2.05, 4.69) is 15.9 Å². The van der Waals surface area contributed by atoms with Gasteiger partial charge in [0.2, 0.25) is 0 Å². The molecule has 1 aromatic carbocycles. The lowest BCUT2D eigenvalue weighted by Crippen LogP contribution is -1.95. The van der Waals surface area contributed by atoms with E-state index < -0.39 is 5.97 Å². The maximum Gasteiger partial charge on any atom is 0.335 e. The third-order valence-corrected chi connectivity index (χ3v) is 2.88. The maximum absolute atomic E-state index is 10.8. The molecule has 4 nitrogen and oxygen atoms in total. The summed E-state index contributed by atoms with van der Waals surface area (Å²) in [6.07, 6.45) is 0.614. The van der Waals surface area contributed by atoms with Gasteiger partial charge in [0, 0.05) is 10.0 Å². The van der Waals surface area contributed by atoms with Crippen molar-refractivity contribution in [3.8, 4) is 11.3 Å². The number of benzene rings is 1. The molecule has 0 unspecified atom stereocenters. The molecule has 2 rings (SSSR count). The summed E-state index contributed by atoms with van der Waals surface area (Å²) in [5.41, 5.74) is 0.880. The van der Waals surface area contributed by atoms with Crippen LogP contribution in [-0.2, 0) is 0 Å². The topological polar surface area (TPSA) is 67.5 Å². The van der Waals surface area contributed by atoms with E-state index in [0.29, 0.717) is 22.1 Å². The summed E-state index contributed by atoms with van der Waals surface area (Å²) in [5.74, 6) is -0.254. The normalized spacial score (nSPS) is 10.2. The number of halogens is 1. The Balaban J connectivity index is 2.46. The molecule has 1 aromatic heterocycles. The predicted octanol–water partition coefficient (Wildman–Crippen LogP) is 3.22. The molecule has 1 heterocycles. The summed E-state index contributed by atoms with van der Waals surface area (Å²) in [7, 11) is 0. The zero-order valence-corrected chi connectivity index (χ0v) is 10.1. The maximum atomic E-state index is 10.8. The minimum Gasteiger partial charge on any atom is -0.478 e. The van der Waals surface area contributed by atoms with Crippen LogP contribution >= 0.6 is 15.9 Å². The Morgan fingerprint density at radius 3 is 2.59 bits per heavy atom. The van der Waals surface area contributed by atoms with Crippen molar-refractivity contribution in [1.29, 1.82) is 0 Å². The Bertz CT molecular complexity index is 586. The highest BCUT2D eigenvalue weighted by atomic mass is 79.9. The molecule has 0 aliphatic carbocycles. The Morgan fingerprint density at radius 1 is 1.29 bits per heavy atom. The van der Waals surface area contributed by atoms with Crippen molar-refractivity contribution >= 4 is 28.2 Å². The number of hydrogen-bond acceptors (Lipinski definition) is 3. The van der Waals surface area contributed by atoms with Gasteiger partial charge in [0.25, 0.3) is 0 Å². The lowest BCUT2D eigenvalue weighted by Gasteiger charge is -2.02. The van der Waals surface area contributed by atoms with E-state index in [9.17, 15) is 9.59 Å². The van der Waals surface area contributed by atoms with Crippen LogP contribution in [0, 0.1) is 0 Å². The second-order valence-electron chi connectivity index (χ2n) is 3.32. The molecule has 0 aliphatic heterocycles. The second kappa shape index (κ2) is 4.55. The van der Waals surface area contributed by atoms with Crippen LogP contribution in [0.2, 0.25) is 0 Å². The minimum absolute atomic E-state index is 0.183. The van der Waals surface area contributed by atoms with Crippen molar-refractivity contribution in [3.05, 3.63) is 46.1 Å². The third kappa shape index (κ3) is 2.29. The summed E-state index contributed by atoms with van der Waals surface area (Å²) in [4.78, 5) is 21.3. The number of carboxylic acid groups (broad SMARTS) is 1. The van der Waals surface area contributed by atoms with E-state index in [1.54, 1.807) is 18.2 Å². The highest BCUT2D eigenvalue weighted by molar-refractivity contribution is 9.10. The zero-order valence-electron chi connectivity index (χ0n) is 8.51. The summed E-state index contributed by atoms with van der Waals surface area (Å²) in [6, 6.07) is 7.80. The first kappa shape index (κ1) is 11.6. The van der Waals surface area contributed by atoms with Crippen molar-refractivity contribution in [2.45, 2.75) is 0 Å². The fourth-order valence-electron chi connectivity index (χ4n) is 1.41. The number of carbonyl (C=O) groups excluding carboxylic acids is 1. The molecule has 5 heteroatoms. The van der Waals surface area contributed by atoms with E-state index in [1.807, 2.05) is 0 Å². The van der Waals surface area contributed by atoms with Crippen LogP contribution in [0.1, 0.15) is 20.9 Å². The summed E-state index contributed by atoms with van der Waals surface area (Å²) >= 11 is 3.27. The Hall–Kier alpha value is -1.88. The van der Waals surface area contributed by atoms with Gasteiger partial charge < -0.3 is 9.52 Å². The van der Waals surface area contributed by atoms with E-state index in [-0.39, 0.29) is 11.3 Å². The number of furan rings is 1. The Labute approximate surface area is 105 Å². The molecule has 0 spiro atoms. The molecular formula is C12H7BrO4. The van der Waals surface area contributed by atoms with E-state index in [0.717, 1.165) is 0 Å². The van der Waals surface area contributed by atoms with Gasteiger partial charge in [-0.3, -0.25) is 4.79 Å². The molecule has 0 amide bonds. The van der Waals surface area contributed by atoms with Crippen molar-refractivity contribution in [2.75, 3.05) is 0 Å². The first-order chi connectivity index (χ1) is 8.11. The quantitative estimate of drug-likeness (QED) is 0.883. The minimum atomic E-state index is -0.995. The predicted molar refractivity (Wildman–Crippen MR) is 64.2 cm³/mol. The average molecular weight is 295 g/mol. The van der Waals surface area contributed by atoms with Crippen molar-refractivity contribution in [1.82, 2.24) is 0 Å². The van der Waals surface area contributed by atoms with Crippen LogP contribution in [0.4, 0.5) is 0 Å². The number of carboxylic acids is 1. The van der Waals surface area contributed by atoms with Crippen molar-refractivity contribution in [2.24, 2.45) is 0 Å². The van der Waals surface area contributed by atoms with Crippen LogP contribution in [0.3, 0.4) is 0 Å². The largest absolute Gasteiger partial charge is 0.478 e. The summed E-state index contributed by atoms with van der Waals surface area (Å²) in [5, 5.41) is 8.82. The van der Waals surface area contributed by atoms with Gasteiger partial charge in [-0.15, -0.1) is 0 Å². The first-order valence-electron chi connectivity index (χ1n) is 4.70. The molecular weight excluding hydrogens is 288 g/mol. The van der Waals surface area contributed by atoms with Gasteiger partial charge in [0.1, 0.15) is 5.76 Å². The number of rotatable bonds is 3. The molecule has 0 radical (unpaired) electrons. The van der Waals surface area contributed by atoms with Crippen LogP contribution in [0.15, 0.2) is 39.2 Å². The van der Waals surface area contributed by atoms with Crippen LogP contribution < -0.4 is 0 Å². The molecule has 0 fully saturated rings.